The number of thiophene rings is 1. The minimum atomic E-state index is -0.526. The number of hydrogen-bond acceptors (Lipinski definition) is 5. The van der Waals surface area contributed by atoms with Crippen LogP contribution < -0.4 is 15.1 Å². The molecule has 4 aromatic rings. The Morgan fingerprint density at radius 1 is 1.03 bits per heavy atom. The fourth-order valence-electron chi connectivity index (χ4n) is 4.70. The summed E-state index contributed by atoms with van der Waals surface area (Å²) in [4.78, 5) is 31.5. The van der Waals surface area contributed by atoms with Gasteiger partial charge < -0.3 is 10.2 Å². The van der Waals surface area contributed by atoms with Crippen molar-refractivity contribution in [3.05, 3.63) is 76.7 Å². The third-order valence-electron chi connectivity index (χ3n) is 6.85. The lowest BCUT2D eigenvalue weighted by Gasteiger charge is -2.29. The second-order valence-corrected chi connectivity index (χ2v) is 10.8. The van der Waals surface area contributed by atoms with Crippen LogP contribution in [0.25, 0.3) is 10.2 Å². The Labute approximate surface area is 215 Å². The Morgan fingerprint density at radius 2 is 1.72 bits per heavy atom. The maximum absolute atomic E-state index is 13.2. The van der Waals surface area contributed by atoms with Crippen molar-refractivity contribution >= 4 is 44.9 Å². The Hall–Kier alpha value is -3.65. The summed E-state index contributed by atoms with van der Waals surface area (Å²) in [5.74, 6) is 0.279. The van der Waals surface area contributed by atoms with E-state index in [2.05, 4.69) is 20.4 Å². The van der Waals surface area contributed by atoms with Crippen LogP contribution >= 0.6 is 11.3 Å². The summed E-state index contributed by atoms with van der Waals surface area (Å²) in [5, 5.41) is 11.2. The van der Waals surface area contributed by atoms with Crippen LogP contribution in [0.2, 0.25) is 0 Å². The van der Waals surface area contributed by atoms with E-state index in [1.54, 1.807) is 18.0 Å². The van der Waals surface area contributed by atoms with Crippen molar-refractivity contribution in [3.63, 3.8) is 0 Å². The van der Waals surface area contributed by atoms with Crippen LogP contribution in [0, 0.1) is 0 Å². The first-order chi connectivity index (χ1) is 17.3. The van der Waals surface area contributed by atoms with E-state index in [-0.39, 0.29) is 11.8 Å². The molecule has 186 valence electrons. The largest absolute Gasteiger partial charge is 0.372 e. The average molecular weight is 502 g/mol. The highest BCUT2D eigenvalue weighted by atomic mass is 32.1. The second-order valence-electron chi connectivity index (χ2n) is 9.81. The highest BCUT2D eigenvalue weighted by Crippen LogP contribution is 2.32. The lowest BCUT2D eigenvalue weighted by molar-refractivity contribution is 0.0915. The number of carbonyl (C=O) groups is 2. The quantitative estimate of drug-likeness (QED) is 0.363. The van der Waals surface area contributed by atoms with Gasteiger partial charge in [0, 0.05) is 31.4 Å². The summed E-state index contributed by atoms with van der Waals surface area (Å²) in [7, 11) is 1.73. The van der Waals surface area contributed by atoms with Crippen molar-refractivity contribution in [3.8, 4) is 0 Å². The minimum absolute atomic E-state index is 0.131. The SMILES string of the molecule is CN(C(=O)c1ccc(N2CCCCC2)cc1)c1[nH]nc2sc(C(=O)NC(C)(C)c3ccccc3)cc12. The molecular formula is C28H31N5O2S. The van der Waals surface area contributed by atoms with Gasteiger partial charge in [-0.05, 0) is 69.0 Å². The number of H-pyrrole nitrogens is 1. The molecule has 7 nitrogen and oxygen atoms in total. The first kappa shape index (κ1) is 24.1. The first-order valence-corrected chi connectivity index (χ1v) is 13.1. The van der Waals surface area contributed by atoms with Crippen molar-refractivity contribution in [2.75, 3.05) is 29.9 Å². The molecule has 5 rings (SSSR count). The number of benzene rings is 2. The molecule has 2 N–H and O–H groups in total. The third-order valence-corrected chi connectivity index (χ3v) is 7.88. The van der Waals surface area contributed by atoms with Crippen LogP contribution in [0.4, 0.5) is 11.5 Å². The number of rotatable bonds is 6. The van der Waals surface area contributed by atoms with Gasteiger partial charge in [-0.2, -0.15) is 5.10 Å². The number of carbonyl (C=O) groups excluding carboxylic acids is 2. The number of hydrogen-bond donors (Lipinski definition) is 2. The maximum Gasteiger partial charge on any atom is 0.262 e. The van der Waals surface area contributed by atoms with E-state index in [9.17, 15) is 9.59 Å². The molecule has 0 atom stereocenters. The van der Waals surface area contributed by atoms with Crippen molar-refractivity contribution in [1.29, 1.82) is 0 Å². The molecule has 0 saturated carbocycles. The fraction of sp³-hybridized carbons (Fsp3) is 0.321. The normalized spacial score (nSPS) is 14.1. The predicted molar refractivity (Wildman–Crippen MR) is 146 cm³/mol. The molecule has 0 radical (unpaired) electrons. The summed E-state index contributed by atoms with van der Waals surface area (Å²) < 4.78 is 0. The van der Waals surface area contributed by atoms with E-state index in [0.717, 1.165) is 29.7 Å². The average Bonchev–Trinajstić information content (AvgIpc) is 3.50. The van der Waals surface area contributed by atoms with Gasteiger partial charge in [0.1, 0.15) is 10.6 Å². The van der Waals surface area contributed by atoms with Crippen molar-refractivity contribution in [2.24, 2.45) is 0 Å². The Morgan fingerprint density at radius 3 is 2.42 bits per heavy atom. The van der Waals surface area contributed by atoms with E-state index in [4.69, 9.17) is 0 Å². The molecule has 2 aromatic heterocycles. The van der Waals surface area contributed by atoms with Crippen molar-refractivity contribution in [1.82, 2.24) is 15.5 Å². The molecule has 0 unspecified atom stereocenters. The van der Waals surface area contributed by atoms with Gasteiger partial charge in [-0.1, -0.05) is 30.3 Å². The second kappa shape index (κ2) is 9.78. The molecule has 1 aliphatic heterocycles. The van der Waals surface area contributed by atoms with E-state index in [1.807, 2.05) is 68.4 Å². The van der Waals surface area contributed by atoms with Gasteiger partial charge in [0.2, 0.25) is 0 Å². The zero-order valence-electron chi connectivity index (χ0n) is 20.9. The zero-order chi connectivity index (χ0) is 25.3. The van der Waals surface area contributed by atoms with Crippen LogP contribution in [-0.4, -0.2) is 42.1 Å². The van der Waals surface area contributed by atoms with Crippen molar-refractivity contribution < 1.29 is 9.59 Å². The maximum atomic E-state index is 13.2. The van der Waals surface area contributed by atoms with E-state index in [0.29, 0.717) is 21.1 Å². The number of nitrogens with one attached hydrogen (secondary N) is 2. The minimum Gasteiger partial charge on any atom is -0.372 e. The van der Waals surface area contributed by atoms with Gasteiger partial charge in [0.15, 0.2) is 0 Å². The van der Waals surface area contributed by atoms with Crippen LogP contribution in [0.1, 0.15) is 58.7 Å². The Kier molecular flexibility index (Phi) is 6.53. The van der Waals surface area contributed by atoms with Crippen LogP contribution in [0.15, 0.2) is 60.7 Å². The number of piperidine rings is 1. The Bertz CT molecular complexity index is 1370. The standard InChI is InChI=1S/C28H31N5O2S/c1-28(2,20-10-6-4-7-11-20)29-25(34)23-18-22-24(30-31-26(22)36-23)32(3)27(35)19-12-14-21(15-13-19)33-16-8-5-9-17-33/h4,6-7,10-15,18H,5,8-9,16-17H2,1-3H3,(H,29,34)(H,30,31). The lowest BCUT2D eigenvalue weighted by atomic mass is 9.94. The summed E-state index contributed by atoms with van der Waals surface area (Å²) >= 11 is 1.31. The molecular weight excluding hydrogens is 470 g/mol. The summed E-state index contributed by atoms with van der Waals surface area (Å²) in [6.07, 6.45) is 3.71. The molecule has 1 fully saturated rings. The smallest absolute Gasteiger partial charge is 0.262 e. The van der Waals surface area contributed by atoms with E-state index >= 15 is 0 Å². The fourth-order valence-corrected chi connectivity index (χ4v) is 5.59. The molecule has 2 aromatic carbocycles. The number of aromatic nitrogens is 2. The number of amides is 2. The Balaban J connectivity index is 1.32. The molecule has 1 saturated heterocycles. The van der Waals surface area contributed by atoms with Crippen LogP contribution in [0.3, 0.4) is 0 Å². The monoisotopic (exact) mass is 501 g/mol. The van der Waals surface area contributed by atoms with Gasteiger partial charge in [0.05, 0.1) is 15.8 Å². The van der Waals surface area contributed by atoms with Crippen LogP contribution in [0.5, 0.6) is 0 Å². The van der Waals surface area contributed by atoms with E-state index < -0.39 is 5.54 Å². The van der Waals surface area contributed by atoms with Gasteiger partial charge in [-0.3, -0.25) is 19.6 Å². The lowest BCUT2D eigenvalue weighted by Crippen LogP contribution is -2.40. The van der Waals surface area contributed by atoms with Gasteiger partial charge in [-0.25, -0.2) is 0 Å². The molecule has 36 heavy (non-hydrogen) atoms. The number of aromatic amines is 1. The topological polar surface area (TPSA) is 81.3 Å². The molecule has 8 heteroatoms. The summed E-state index contributed by atoms with van der Waals surface area (Å²) in [5.41, 5.74) is 2.27. The number of anilines is 2. The molecule has 0 bridgehead atoms. The number of fused-ring (bicyclic) bond motifs is 1. The molecule has 0 aliphatic carbocycles. The summed E-state index contributed by atoms with van der Waals surface area (Å²) in [6, 6.07) is 19.5. The highest BCUT2D eigenvalue weighted by molar-refractivity contribution is 7.20. The van der Waals surface area contributed by atoms with Gasteiger partial charge in [-0.15, -0.1) is 11.3 Å². The summed E-state index contributed by atoms with van der Waals surface area (Å²) in [6.45, 7) is 6.09. The van der Waals surface area contributed by atoms with Crippen LogP contribution in [-0.2, 0) is 5.54 Å². The van der Waals surface area contributed by atoms with Crippen molar-refractivity contribution in [2.45, 2.75) is 38.6 Å². The molecule has 2 amide bonds. The van der Waals surface area contributed by atoms with E-state index in [1.165, 1.54) is 30.6 Å². The molecule has 3 heterocycles. The zero-order valence-corrected chi connectivity index (χ0v) is 21.7. The number of nitrogens with zero attached hydrogens (tertiary/aromatic N) is 3. The van der Waals surface area contributed by atoms with Gasteiger partial charge in [0.25, 0.3) is 11.8 Å². The predicted octanol–water partition coefficient (Wildman–Crippen LogP) is 5.56. The highest BCUT2D eigenvalue weighted by Gasteiger charge is 2.26. The molecule has 0 spiro atoms. The third kappa shape index (κ3) is 4.73. The first-order valence-electron chi connectivity index (χ1n) is 12.3. The van der Waals surface area contributed by atoms with Gasteiger partial charge >= 0.3 is 0 Å². The molecule has 1 aliphatic rings.